The minimum atomic E-state index is -4.67. The molecule has 0 spiro atoms. The number of nitrogens with zero attached hydrogens (tertiary/aromatic N) is 6. The van der Waals surface area contributed by atoms with Gasteiger partial charge in [0.15, 0.2) is 11.3 Å². The van der Waals surface area contributed by atoms with Crippen LogP contribution in [0.25, 0.3) is 11.2 Å². The Morgan fingerprint density at radius 2 is 1.94 bits per heavy atom. The van der Waals surface area contributed by atoms with Gasteiger partial charge in [-0.05, 0) is 55.8 Å². The van der Waals surface area contributed by atoms with Gasteiger partial charge in [-0.2, -0.15) is 18.3 Å². The molecule has 194 valence electrons. The van der Waals surface area contributed by atoms with Crippen LogP contribution in [-0.4, -0.2) is 69.1 Å². The summed E-state index contributed by atoms with van der Waals surface area (Å²) in [5, 5.41) is 13.9. The Kier molecular flexibility index (Phi) is 7.06. The van der Waals surface area contributed by atoms with Gasteiger partial charge in [-0.15, -0.1) is 0 Å². The lowest BCUT2D eigenvalue weighted by Gasteiger charge is -2.47. The van der Waals surface area contributed by atoms with Crippen molar-refractivity contribution in [3.8, 4) is 0 Å². The van der Waals surface area contributed by atoms with Gasteiger partial charge >= 0.3 is 6.18 Å². The quantitative estimate of drug-likeness (QED) is 0.477. The average molecular weight is 543 g/mol. The summed E-state index contributed by atoms with van der Waals surface area (Å²) in [5.74, 6) is 1.55. The van der Waals surface area contributed by atoms with Crippen LogP contribution in [0.3, 0.4) is 0 Å². The molecule has 3 aromatic rings. The van der Waals surface area contributed by atoms with Crippen molar-refractivity contribution in [3.05, 3.63) is 45.7 Å². The maximum Gasteiger partial charge on any atom is 0.437 e. The lowest BCUT2D eigenvalue weighted by Crippen LogP contribution is -2.54. The second-order valence-corrected chi connectivity index (χ2v) is 10.5. The number of anilines is 1. The first-order valence-electron chi connectivity index (χ1n) is 12.0. The number of aliphatic hydroxyl groups excluding tert-OH is 1. The number of piperidine rings is 1. The molecular formula is C24H27Cl2F3N6O. The molecule has 0 aliphatic carbocycles. The van der Waals surface area contributed by atoms with Gasteiger partial charge in [0.25, 0.3) is 0 Å². The van der Waals surface area contributed by atoms with Crippen molar-refractivity contribution in [1.29, 1.82) is 0 Å². The number of benzene rings is 1. The van der Waals surface area contributed by atoms with E-state index in [9.17, 15) is 18.3 Å². The largest absolute Gasteiger partial charge is 0.437 e. The van der Waals surface area contributed by atoms with E-state index in [1.165, 1.54) is 10.9 Å². The molecule has 7 nitrogen and oxygen atoms in total. The van der Waals surface area contributed by atoms with Gasteiger partial charge < -0.3 is 14.9 Å². The third kappa shape index (κ3) is 4.88. The molecule has 2 fully saturated rings. The molecule has 4 heterocycles. The van der Waals surface area contributed by atoms with E-state index in [1.54, 1.807) is 25.1 Å². The van der Waals surface area contributed by atoms with Gasteiger partial charge in [-0.3, -0.25) is 0 Å². The van der Waals surface area contributed by atoms with E-state index in [1.807, 2.05) is 4.90 Å². The predicted molar refractivity (Wildman–Crippen MR) is 133 cm³/mol. The van der Waals surface area contributed by atoms with Crippen molar-refractivity contribution >= 4 is 40.2 Å². The zero-order chi connectivity index (χ0) is 25.6. The molecular weight excluding hydrogens is 516 g/mol. The first-order valence-corrected chi connectivity index (χ1v) is 12.8. The molecule has 0 bridgehead atoms. The van der Waals surface area contributed by atoms with Crippen LogP contribution in [0.15, 0.2) is 24.4 Å². The summed E-state index contributed by atoms with van der Waals surface area (Å²) in [6.07, 6.45) is -1.02. The normalized spacial score (nSPS) is 20.6. The fourth-order valence-electron chi connectivity index (χ4n) is 5.30. The highest BCUT2D eigenvalue weighted by molar-refractivity contribution is 6.35. The van der Waals surface area contributed by atoms with Crippen LogP contribution >= 0.6 is 23.2 Å². The zero-order valence-corrected chi connectivity index (χ0v) is 21.2. The third-order valence-corrected chi connectivity index (χ3v) is 7.86. The van der Waals surface area contributed by atoms with Gasteiger partial charge in [0.1, 0.15) is 11.3 Å². The maximum absolute atomic E-state index is 13.8. The molecule has 1 aromatic carbocycles. The van der Waals surface area contributed by atoms with Crippen LogP contribution in [0.1, 0.15) is 37.1 Å². The lowest BCUT2D eigenvalue weighted by molar-refractivity contribution is -0.140. The summed E-state index contributed by atoms with van der Waals surface area (Å²) in [6.45, 7) is 6.09. The number of alkyl halides is 3. The van der Waals surface area contributed by atoms with Crippen molar-refractivity contribution in [3.63, 3.8) is 0 Å². The Morgan fingerprint density at radius 1 is 1.17 bits per heavy atom. The summed E-state index contributed by atoms with van der Waals surface area (Å²) in [6, 6.07) is 4.24. The number of hydrogen-bond acceptors (Lipinski definition) is 6. The number of rotatable bonds is 6. The summed E-state index contributed by atoms with van der Waals surface area (Å²) >= 11 is 12.3. The first-order chi connectivity index (χ1) is 17.2. The summed E-state index contributed by atoms with van der Waals surface area (Å²) in [5.41, 5.74) is -0.706. The van der Waals surface area contributed by atoms with Gasteiger partial charge in [0.05, 0.1) is 18.8 Å². The highest BCUT2D eigenvalue weighted by Crippen LogP contribution is 2.38. The van der Waals surface area contributed by atoms with E-state index in [4.69, 9.17) is 23.2 Å². The lowest BCUT2D eigenvalue weighted by atomic mass is 9.80. The Bertz CT molecular complexity index is 1240. The Hall–Kier alpha value is -2.14. The third-order valence-electron chi connectivity index (χ3n) is 7.30. The number of hydrogen-bond donors (Lipinski definition) is 1. The standard InChI is InChI=1S/C24H27Cl2F3N6O/c1-14(18-5-4-17(25)9-19(18)26)35-23-21(22(32-35)24(27,28)29)30-10-20(31-23)34-12-16(13-34)15-3-2-6-33(11-15)7-8-36/h4-5,9-10,14-16,36H,2-3,6-8,11-13H2,1H3. The molecule has 2 aliphatic rings. The van der Waals surface area contributed by atoms with Crippen LogP contribution < -0.4 is 4.90 Å². The van der Waals surface area contributed by atoms with Gasteiger partial charge in [-0.1, -0.05) is 29.3 Å². The van der Waals surface area contributed by atoms with E-state index in [0.29, 0.717) is 39.8 Å². The smallest absolute Gasteiger partial charge is 0.395 e. The Balaban J connectivity index is 1.42. The summed E-state index contributed by atoms with van der Waals surface area (Å²) < 4.78 is 42.6. The van der Waals surface area contributed by atoms with Crippen molar-refractivity contribution in [2.75, 3.05) is 44.2 Å². The minimum Gasteiger partial charge on any atom is -0.395 e. The van der Waals surface area contributed by atoms with E-state index in [-0.39, 0.29) is 17.8 Å². The highest BCUT2D eigenvalue weighted by atomic mass is 35.5. The van der Waals surface area contributed by atoms with E-state index >= 15 is 0 Å². The molecule has 0 amide bonds. The second-order valence-electron chi connectivity index (χ2n) is 9.62. The number of halogens is 5. The molecule has 2 aliphatic heterocycles. The van der Waals surface area contributed by atoms with Gasteiger partial charge in [0.2, 0.25) is 0 Å². The van der Waals surface area contributed by atoms with Crippen LogP contribution in [0.5, 0.6) is 0 Å². The van der Waals surface area contributed by atoms with Crippen molar-refractivity contribution in [1.82, 2.24) is 24.6 Å². The number of aromatic nitrogens is 4. The van der Waals surface area contributed by atoms with Gasteiger partial charge in [-0.25, -0.2) is 14.6 Å². The van der Waals surface area contributed by atoms with Crippen molar-refractivity contribution in [2.24, 2.45) is 11.8 Å². The molecule has 2 atom stereocenters. The van der Waals surface area contributed by atoms with Crippen molar-refractivity contribution < 1.29 is 18.3 Å². The van der Waals surface area contributed by atoms with Crippen LogP contribution in [-0.2, 0) is 6.18 Å². The number of aliphatic hydroxyl groups is 1. The fraction of sp³-hybridized carbons (Fsp3) is 0.542. The fourth-order valence-corrected chi connectivity index (χ4v) is 5.87. The van der Waals surface area contributed by atoms with E-state index < -0.39 is 17.9 Å². The van der Waals surface area contributed by atoms with Crippen LogP contribution in [0.4, 0.5) is 19.0 Å². The predicted octanol–water partition coefficient (Wildman–Crippen LogP) is 4.90. The van der Waals surface area contributed by atoms with Crippen LogP contribution in [0, 0.1) is 11.8 Å². The molecule has 36 heavy (non-hydrogen) atoms. The highest BCUT2D eigenvalue weighted by Gasteiger charge is 2.40. The van der Waals surface area contributed by atoms with Gasteiger partial charge in [0, 0.05) is 36.2 Å². The number of fused-ring (bicyclic) bond motifs is 1. The molecule has 12 heteroatoms. The molecule has 0 saturated carbocycles. The SMILES string of the molecule is CC(c1ccc(Cl)cc1Cl)n1nc(C(F)(F)F)c2ncc(N3CC(C4CCCN(CCO)C4)C3)nc21. The first kappa shape index (κ1) is 25.5. The molecule has 2 saturated heterocycles. The Labute approximate surface area is 216 Å². The second kappa shape index (κ2) is 9.96. The van der Waals surface area contributed by atoms with E-state index in [2.05, 4.69) is 20.0 Å². The zero-order valence-electron chi connectivity index (χ0n) is 19.7. The van der Waals surface area contributed by atoms with Crippen LogP contribution in [0.2, 0.25) is 10.0 Å². The monoisotopic (exact) mass is 542 g/mol. The molecule has 1 N–H and O–H groups in total. The Morgan fingerprint density at radius 3 is 2.64 bits per heavy atom. The number of likely N-dealkylation sites (tertiary alicyclic amines) is 1. The average Bonchev–Trinajstić information content (AvgIpc) is 3.18. The summed E-state index contributed by atoms with van der Waals surface area (Å²) in [4.78, 5) is 13.1. The number of β-amino-alcohol motifs (C(OH)–C–C–N with tert-alkyl or cyclic N) is 1. The summed E-state index contributed by atoms with van der Waals surface area (Å²) in [7, 11) is 0. The molecule has 2 aromatic heterocycles. The topological polar surface area (TPSA) is 70.3 Å². The maximum atomic E-state index is 13.8. The molecule has 2 unspecified atom stereocenters. The molecule has 5 rings (SSSR count). The van der Waals surface area contributed by atoms with Crippen molar-refractivity contribution in [2.45, 2.75) is 32.0 Å². The van der Waals surface area contributed by atoms with E-state index in [0.717, 1.165) is 39.0 Å². The minimum absolute atomic E-state index is 0.0635. The molecule has 0 radical (unpaired) electrons.